The first kappa shape index (κ1) is 7.33. The first-order valence-corrected chi connectivity index (χ1v) is 4.82. The van der Waals surface area contributed by atoms with E-state index in [9.17, 15) is 0 Å². The number of anilines is 1. The van der Waals surface area contributed by atoms with Gasteiger partial charge in [0.15, 0.2) is 0 Å². The summed E-state index contributed by atoms with van der Waals surface area (Å²) < 4.78 is 0. The van der Waals surface area contributed by atoms with Gasteiger partial charge in [0.25, 0.3) is 0 Å². The van der Waals surface area contributed by atoms with E-state index >= 15 is 0 Å². The van der Waals surface area contributed by atoms with E-state index in [1.807, 2.05) is 12.4 Å². The lowest BCUT2D eigenvalue weighted by molar-refractivity contribution is 0.110. The van der Waals surface area contributed by atoms with Crippen molar-refractivity contribution < 1.29 is 0 Å². The molecule has 3 heteroatoms. The van der Waals surface area contributed by atoms with Crippen LogP contribution in [0.2, 0.25) is 0 Å². The van der Waals surface area contributed by atoms with Crippen molar-refractivity contribution in [2.75, 3.05) is 31.1 Å². The summed E-state index contributed by atoms with van der Waals surface area (Å²) >= 11 is 0. The molecule has 0 N–H and O–H groups in total. The van der Waals surface area contributed by atoms with Gasteiger partial charge in [-0.05, 0) is 12.1 Å². The molecule has 1 aromatic rings. The highest BCUT2D eigenvalue weighted by Crippen LogP contribution is 2.25. The smallest absolute Gasteiger partial charge is 0.0544 e. The Kier molecular flexibility index (Phi) is 1.52. The monoisotopic (exact) mass is 175 g/mol. The minimum atomic E-state index is 0.760. The van der Waals surface area contributed by atoms with E-state index in [-0.39, 0.29) is 0 Å². The van der Waals surface area contributed by atoms with Gasteiger partial charge in [0.2, 0.25) is 0 Å². The maximum atomic E-state index is 4.04. The van der Waals surface area contributed by atoms with Gasteiger partial charge in [0, 0.05) is 44.3 Å². The first-order valence-electron chi connectivity index (χ1n) is 4.82. The summed E-state index contributed by atoms with van der Waals surface area (Å²) in [5.41, 5.74) is 1.33. The van der Waals surface area contributed by atoms with Gasteiger partial charge in [-0.3, -0.25) is 9.88 Å². The third-order valence-electron chi connectivity index (χ3n) is 3.03. The number of hydrogen-bond acceptors (Lipinski definition) is 3. The molecule has 0 radical (unpaired) electrons. The van der Waals surface area contributed by atoms with Gasteiger partial charge in [0.05, 0.1) is 6.04 Å². The molecule has 4 rings (SSSR count). The highest BCUT2D eigenvalue weighted by molar-refractivity contribution is 5.47. The fraction of sp³-hybridized carbons (Fsp3) is 0.500. The standard InChI is InChI=1S/C10H13N3/c1-3-11-4-2-9(1)13-6-5-12-7-10(13)8-12/h1-4,10H,5-8H2. The first-order chi connectivity index (χ1) is 6.43. The summed E-state index contributed by atoms with van der Waals surface area (Å²) in [6.07, 6.45) is 3.75. The van der Waals surface area contributed by atoms with Crippen LogP contribution in [0, 0.1) is 0 Å². The number of piperazine rings is 2. The normalized spacial score (nSPS) is 31.2. The Morgan fingerprint density at radius 1 is 1.15 bits per heavy atom. The second kappa shape index (κ2) is 2.70. The molecule has 0 atom stereocenters. The van der Waals surface area contributed by atoms with Gasteiger partial charge in [-0.15, -0.1) is 0 Å². The Morgan fingerprint density at radius 3 is 2.54 bits per heavy atom. The lowest BCUT2D eigenvalue weighted by Gasteiger charge is -2.52. The van der Waals surface area contributed by atoms with Crippen LogP contribution in [0.5, 0.6) is 0 Å². The van der Waals surface area contributed by atoms with Crippen LogP contribution in [-0.4, -0.2) is 42.1 Å². The summed E-state index contributed by atoms with van der Waals surface area (Å²) in [7, 11) is 0. The van der Waals surface area contributed by atoms with E-state index in [0.717, 1.165) is 6.04 Å². The van der Waals surface area contributed by atoms with Crippen molar-refractivity contribution in [1.82, 2.24) is 9.88 Å². The van der Waals surface area contributed by atoms with Gasteiger partial charge in [-0.25, -0.2) is 0 Å². The number of hydrogen-bond donors (Lipinski definition) is 0. The average Bonchev–Trinajstić information content (AvgIpc) is 2.18. The van der Waals surface area contributed by atoms with Crippen LogP contribution in [0.25, 0.3) is 0 Å². The zero-order valence-corrected chi connectivity index (χ0v) is 7.56. The van der Waals surface area contributed by atoms with Crippen LogP contribution < -0.4 is 4.90 Å². The zero-order valence-electron chi connectivity index (χ0n) is 7.56. The largest absolute Gasteiger partial charge is 0.365 e. The number of pyridine rings is 1. The molecule has 0 aliphatic carbocycles. The summed E-state index contributed by atoms with van der Waals surface area (Å²) in [5, 5.41) is 0. The molecule has 0 amide bonds. The number of fused-ring (bicyclic) bond motifs is 2. The third-order valence-corrected chi connectivity index (χ3v) is 3.03. The van der Waals surface area contributed by atoms with Crippen LogP contribution in [0.1, 0.15) is 0 Å². The molecule has 3 aliphatic rings. The quantitative estimate of drug-likeness (QED) is 0.622. The SMILES string of the molecule is c1cc(N2CCN3CC2C3)ccn1. The van der Waals surface area contributed by atoms with E-state index in [0.29, 0.717) is 0 Å². The summed E-state index contributed by atoms with van der Waals surface area (Å²) in [6, 6.07) is 4.97. The number of nitrogens with zero attached hydrogens (tertiary/aromatic N) is 3. The minimum absolute atomic E-state index is 0.760. The number of aromatic nitrogens is 1. The maximum absolute atomic E-state index is 4.04. The van der Waals surface area contributed by atoms with Crippen molar-refractivity contribution in [1.29, 1.82) is 0 Å². The van der Waals surface area contributed by atoms with Crippen LogP contribution in [0.4, 0.5) is 5.69 Å². The van der Waals surface area contributed by atoms with E-state index < -0.39 is 0 Å². The summed E-state index contributed by atoms with van der Waals surface area (Å²) in [5.74, 6) is 0. The van der Waals surface area contributed by atoms with Crippen molar-refractivity contribution in [2.45, 2.75) is 6.04 Å². The van der Waals surface area contributed by atoms with Crippen LogP contribution in [0.3, 0.4) is 0 Å². The molecule has 1 aromatic heterocycles. The second-order valence-electron chi connectivity index (χ2n) is 3.81. The van der Waals surface area contributed by atoms with Gasteiger partial charge in [0.1, 0.15) is 0 Å². The third kappa shape index (κ3) is 1.11. The lowest BCUT2D eigenvalue weighted by Crippen LogP contribution is -2.66. The topological polar surface area (TPSA) is 19.4 Å². The van der Waals surface area contributed by atoms with Crippen molar-refractivity contribution >= 4 is 5.69 Å². The lowest BCUT2D eigenvalue weighted by atomic mass is 10.0. The Hall–Kier alpha value is -1.09. The Labute approximate surface area is 78.0 Å². The van der Waals surface area contributed by atoms with Crippen LogP contribution in [0.15, 0.2) is 24.5 Å². The van der Waals surface area contributed by atoms with Crippen molar-refractivity contribution in [3.63, 3.8) is 0 Å². The van der Waals surface area contributed by atoms with Crippen molar-refractivity contribution in [2.24, 2.45) is 0 Å². The number of rotatable bonds is 1. The molecular formula is C10H13N3. The van der Waals surface area contributed by atoms with Gasteiger partial charge in [-0.2, -0.15) is 0 Å². The minimum Gasteiger partial charge on any atom is -0.365 e. The molecule has 3 saturated heterocycles. The molecule has 3 nitrogen and oxygen atoms in total. The van der Waals surface area contributed by atoms with Gasteiger partial charge >= 0.3 is 0 Å². The molecule has 68 valence electrons. The van der Waals surface area contributed by atoms with E-state index in [1.54, 1.807) is 0 Å². The van der Waals surface area contributed by atoms with E-state index in [4.69, 9.17) is 0 Å². The Morgan fingerprint density at radius 2 is 1.92 bits per heavy atom. The summed E-state index contributed by atoms with van der Waals surface area (Å²) in [4.78, 5) is 9.04. The van der Waals surface area contributed by atoms with Crippen molar-refractivity contribution in [3.05, 3.63) is 24.5 Å². The Bertz CT molecular complexity index is 290. The predicted octanol–water partition coefficient (Wildman–Crippen LogP) is 0.586. The predicted molar refractivity (Wildman–Crippen MR) is 51.8 cm³/mol. The van der Waals surface area contributed by atoms with Crippen molar-refractivity contribution in [3.8, 4) is 0 Å². The zero-order chi connectivity index (χ0) is 8.67. The molecule has 13 heavy (non-hydrogen) atoms. The molecule has 3 aliphatic heterocycles. The molecule has 0 aromatic carbocycles. The molecule has 4 heterocycles. The molecule has 3 fully saturated rings. The fourth-order valence-corrected chi connectivity index (χ4v) is 2.23. The van der Waals surface area contributed by atoms with Crippen LogP contribution in [-0.2, 0) is 0 Å². The molecule has 0 saturated carbocycles. The van der Waals surface area contributed by atoms with Gasteiger partial charge < -0.3 is 4.90 Å². The van der Waals surface area contributed by atoms with Crippen LogP contribution >= 0.6 is 0 Å². The summed E-state index contributed by atoms with van der Waals surface area (Å²) in [6.45, 7) is 4.90. The van der Waals surface area contributed by atoms with E-state index in [2.05, 4.69) is 26.9 Å². The van der Waals surface area contributed by atoms with Gasteiger partial charge in [-0.1, -0.05) is 0 Å². The fourth-order valence-electron chi connectivity index (χ4n) is 2.23. The average molecular weight is 175 g/mol. The highest BCUT2D eigenvalue weighted by atomic mass is 15.4. The molecule has 2 bridgehead atoms. The molecular weight excluding hydrogens is 162 g/mol. The highest BCUT2D eigenvalue weighted by Gasteiger charge is 2.36. The maximum Gasteiger partial charge on any atom is 0.0544 e. The molecule has 0 spiro atoms. The molecule has 0 unspecified atom stereocenters. The Balaban J connectivity index is 1.85. The second-order valence-corrected chi connectivity index (χ2v) is 3.81. The van der Waals surface area contributed by atoms with E-state index in [1.165, 1.54) is 31.9 Å².